The lowest BCUT2D eigenvalue weighted by molar-refractivity contribution is -0.182. The van der Waals surface area contributed by atoms with Crippen LogP contribution in [-0.4, -0.2) is 15.7 Å². The Kier molecular flexibility index (Phi) is 5.29. The third-order valence-corrected chi connectivity index (χ3v) is 5.29. The second kappa shape index (κ2) is 7.35. The summed E-state index contributed by atoms with van der Waals surface area (Å²) in [6.07, 6.45) is -3.62. The molecule has 1 aromatic carbocycles. The number of alkyl halides is 3. The number of hydrogen-bond donors (Lipinski definition) is 0. The normalized spacial score (nSPS) is 20.3. The molecule has 0 aliphatic heterocycles. The predicted molar refractivity (Wildman–Crippen MR) is 95.1 cm³/mol. The fourth-order valence-corrected chi connectivity index (χ4v) is 3.70. The smallest absolute Gasteiger partial charge is 0.267 e. The first-order chi connectivity index (χ1) is 12.7. The summed E-state index contributed by atoms with van der Waals surface area (Å²) in [5.74, 6) is -1.19. The van der Waals surface area contributed by atoms with Crippen molar-refractivity contribution in [1.29, 1.82) is 5.26 Å². The predicted octanol–water partition coefficient (Wildman–Crippen LogP) is 4.90. The van der Waals surface area contributed by atoms with Gasteiger partial charge in [-0.15, -0.1) is 0 Å². The van der Waals surface area contributed by atoms with Crippen molar-refractivity contribution in [1.82, 2.24) is 9.55 Å². The van der Waals surface area contributed by atoms with Gasteiger partial charge in [-0.25, -0.2) is 4.98 Å². The summed E-state index contributed by atoms with van der Waals surface area (Å²) in [5, 5.41) is 9.78. The number of aromatic nitrogens is 2. The highest BCUT2D eigenvalue weighted by Crippen LogP contribution is 2.42. The number of halogens is 4. The molecule has 0 amide bonds. The van der Waals surface area contributed by atoms with Crippen LogP contribution in [0.3, 0.4) is 0 Å². The van der Waals surface area contributed by atoms with Crippen molar-refractivity contribution in [3.8, 4) is 11.8 Å². The molecule has 1 saturated carbocycles. The van der Waals surface area contributed by atoms with E-state index in [1.165, 1.54) is 4.57 Å². The van der Waals surface area contributed by atoms with E-state index in [0.29, 0.717) is 22.2 Å². The van der Waals surface area contributed by atoms with Gasteiger partial charge in [0, 0.05) is 10.9 Å². The van der Waals surface area contributed by atoms with E-state index in [4.69, 9.17) is 11.6 Å². The maximum absolute atomic E-state index is 13.0. The summed E-state index contributed by atoms with van der Waals surface area (Å²) in [4.78, 5) is 17.3. The van der Waals surface area contributed by atoms with E-state index in [0.717, 1.165) is 0 Å². The number of hydrogen-bond acceptors (Lipinski definition) is 3. The van der Waals surface area contributed by atoms with Gasteiger partial charge in [0.2, 0.25) is 0 Å². The minimum Gasteiger partial charge on any atom is -0.267 e. The van der Waals surface area contributed by atoms with Crippen molar-refractivity contribution in [3.63, 3.8) is 0 Å². The molecular formula is C19H17ClF3N3O. The third-order valence-electron chi connectivity index (χ3n) is 5.04. The fourth-order valence-electron chi connectivity index (χ4n) is 3.57. The number of nitriles is 1. The molecule has 0 radical (unpaired) electrons. The maximum Gasteiger partial charge on any atom is 0.391 e. The van der Waals surface area contributed by atoms with Crippen LogP contribution >= 0.6 is 11.6 Å². The minimum atomic E-state index is -4.20. The van der Waals surface area contributed by atoms with Crippen LogP contribution in [-0.2, 0) is 0 Å². The van der Waals surface area contributed by atoms with E-state index in [2.05, 4.69) is 4.98 Å². The lowest BCUT2D eigenvalue weighted by atomic mass is 9.81. The maximum atomic E-state index is 13.0. The summed E-state index contributed by atoms with van der Waals surface area (Å²) in [7, 11) is 0. The van der Waals surface area contributed by atoms with E-state index in [9.17, 15) is 23.2 Å². The molecule has 0 spiro atoms. The van der Waals surface area contributed by atoms with Crippen LogP contribution in [0.25, 0.3) is 5.69 Å². The molecule has 1 aliphatic rings. The van der Waals surface area contributed by atoms with Gasteiger partial charge in [0.15, 0.2) is 0 Å². The van der Waals surface area contributed by atoms with E-state index in [1.807, 2.05) is 6.07 Å². The summed E-state index contributed by atoms with van der Waals surface area (Å²) in [6, 6.07) is 8.36. The molecule has 2 aromatic rings. The first-order valence-corrected chi connectivity index (χ1v) is 8.96. The van der Waals surface area contributed by atoms with Crippen LogP contribution in [0.1, 0.15) is 48.7 Å². The SMILES string of the molecule is Cc1nc(C2CCC(C(F)(F)F)CC2)n(-c2ccc(Cl)cc2)c(=O)c1C#N. The monoisotopic (exact) mass is 395 g/mol. The second-order valence-corrected chi connectivity index (χ2v) is 7.19. The minimum absolute atomic E-state index is 0.00367. The molecule has 1 aromatic heterocycles. The molecule has 142 valence electrons. The van der Waals surface area contributed by atoms with Crippen LogP contribution in [0.4, 0.5) is 13.2 Å². The Hall–Kier alpha value is -2.33. The number of rotatable bonds is 2. The van der Waals surface area contributed by atoms with E-state index in [-0.39, 0.29) is 37.2 Å². The fraction of sp³-hybridized carbons (Fsp3) is 0.421. The van der Waals surface area contributed by atoms with Gasteiger partial charge in [-0.3, -0.25) is 9.36 Å². The molecule has 0 unspecified atom stereocenters. The van der Waals surface area contributed by atoms with Crippen LogP contribution in [0.5, 0.6) is 0 Å². The van der Waals surface area contributed by atoms with Crippen LogP contribution < -0.4 is 5.56 Å². The highest BCUT2D eigenvalue weighted by Gasteiger charge is 2.42. The quantitative estimate of drug-likeness (QED) is 0.726. The van der Waals surface area contributed by atoms with Crippen molar-refractivity contribution in [2.45, 2.75) is 44.7 Å². The van der Waals surface area contributed by atoms with Gasteiger partial charge >= 0.3 is 6.18 Å². The molecule has 0 N–H and O–H groups in total. The first kappa shape index (κ1) is 19.4. The van der Waals surface area contributed by atoms with Crippen molar-refractivity contribution in [2.75, 3.05) is 0 Å². The second-order valence-electron chi connectivity index (χ2n) is 6.75. The van der Waals surface area contributed by atoms with Crippen molar-refractivity contribution in [3.05, 3.63) is 56.7 Å². The zero-order valence-corrected chi connectivity index (χ0v) is 15.3. The van der Waals surface area contributed by atoms with Crippen LogP contribution in [0, 0.1) is 24.2 Å². The van der Waals surface area contributed by atoms with Gasteiger partial charge in [0.05, 0.1) is 17.3 Å². The third kappa shape index (κ3) is 3.86. The van der Waals surface area contributed by atoms with Crippen LogP contribution in [0.2, 0.25) is 5.02 Å². The Morgan fingerprint density at radius 3 is 2.30 bits per heavy atom. The Morgan fingerprint density at radius 2 is 1.78 bits per heavy atom. The molecule has 1 heterocycles. The number of benzene rings is 1. The Bertz CT molecular complexity index is 937. The average Bonchev–Trinajstić information content (AvgIpc) is 2.62. The van der Waals surface area contributed by atoms with Crippen molar-refractivity contribution >= 4 is 11.6 Å². The average molecular weight is 396 g/mol. The largest absolute Gasteiger partial charge is 0.391 e. The highest BCUT2D eigenvalue weighted by atomic mass is 35.5. The van der Waals surface area contributed by atoms with Gasteiger partial charge in [-0.1, -0.05) is 11.6 Å². The van der Waals surface area contributed by atoms with E-state index >= 15 is 0 Å². The number of nitrogens with zero attached hydrogens (tertiary/aromatic N) is 3. The Balaban J connectivity index is 2.07. The van der Waals surface area contributed by atoms with Crippen LogP contribution in [0.15, 0.2) is 29.1 Å². The van der Waals surface area contributed by atoms with E-state index < -0.39 is 17.7 Å². The molecule has 0 atom stereocenters. The van der Waals surface area contributed by atoms with Gasteiger partial charge in [0.1, 0.15) is 17.5 Å². The summed E-state index contributed by atoms with van der Waals surface area (Å²) in [5.41, 5.74) is 0.194. The van der Waals surface area contributed by atoms with Gasteiger partial charge in [-0.2, -0.15) is 18.4 Å². The Morgan fingerprint density at radius 1 is 1.19 bits per heavy atom. The molecule has 0 bridgehead atoms. The lowest BCUT2D eigenvalue weighted by Crippen LogP contribution is -2.32. The topological polar surface area (TPSA) is 58.7 Å². The molecule has 3 rings (SSSR count). The molecule has 4 nitrogen and oxygen atoms in total. The molecule has 8 heteroatoms. The number of aryl methyl sites for hydroxylation is 1. The molecular weight excluding hydrogens is 379 g/mol. The molecule has 0 saturated heterocycles. The van der Waals surface area contributed by atoms with Gasteiger partial charge < -0.3 is 0 Å². The molecule has 1 fully saturated rings. The zero-order chi connectivity index (χ0) is 19.8. The summed E-state index contributed by atoms with van der Waals surface area (Å²) < 4.78 is 40.2. The Labute approximate surface area is 159 Å². The lowest BCUT2D eigenvalue weighted by Gasteiger charge is -2.30. The van der Waals surface area contributed by atoms with Gasteiger partial charge in [-0.05, 0) is 56.9 Å². The highest BCUT2D eigenvalue weighted by molar-refractivity contribution is 6.30. The summed E-state index contributed by atoms with van der Waals surface area (Å²) in [6.45, 7) is 1.57. The van der Waals surface area contributed by atoms with E-state index in [1.54, 1.807) is 31.2 Å². The van der Waals surface area contributed by atoms with Crippen molar-refractivity contribution in [2.24, 2.45) is 5.92 Å². The molecule has 27 heavy (non-hydrogen) atoms. The first-order valence-electron chi connectivity index (χ1n) is 8.58. The molecule has 1 aliphatic carbocycles. The van der Waals surface area contributed by atoms with Crippen molar-refractivity contribution < 1.29 is 13.2 Å². The van der Waals surface area contributed by atoms with Gasteiger partial charge in [0.25, 0.3) is 5.56 Å². The zero-order valence-electron chi connectivity index (χ0n) is 14.6. The summed E-state index contributed by atoms with van der Waals surface area (Å²) >= 11 is 5.91. The standard InChI is InChI=1S/C19H17ClF3N3O/c1-11-16(10-24)18(27)26(15-8-6-14(20)7-9-15)17(25-11)12-2-4-13(5-3-12)19(21,22)23/h6-9,12-13H,2-5H2,1H3.